The molecule has 0 fully saturated rings. The minimum absolute atomic E-state index is 0.0256. The summed E-state index contributed by atoms with van der Waals surface area (Å²) in [5, 5.41) is 0. The van der Waals surface area contributed by atoms with Gasteiger partial charge in [0.1, 0.15) is 39.5 Å². The number of esters is 4. The normalized spacial score (nSPS) is 13.6. The van der Waals surface area contributed by atoms with Crippen molar-refractivity contribution in [1.82, 2.24) is 0 Å². The van der Waals surface area contributed by atoms with Crippen LogP contribution < -0.4 is 9.79 Å². The average Bonchev–Trinajstić information content (AvgIpc) is 0.914. The fraction of sp³-hybridized carbons (Fsp3) is 0.952. The molecular weight excluding hydrogens is 1350 g/mol. The lowest BCUT2D eigenvalue weighted by Crippen LogP contribution is -2.37. The van der Waals surface area contributed by atoms with Gasteiger partial charge in [-0.2, -0.15) is 0 Å². The van der Waals surface area contributed by atoms with E-state index >= 15 is 0 Å². The predicted octanol–water partition coefficient (Wildman–Crippen LogP) is 22.8. The second-order valence-electron chi connectivity index (χ2n) is 32.2. The van der Waals surface area contributed by atoms with Crippen LogP contribution in [0.1, 0.15) is 413 Å². The van der Waals surface area contributed by atoms with E-state index in [2.05, 4.69) is 27.7 Å². The van der Waals surface area contributed by atoms with Crippen molar-refractivity contribution >= 4 is 39.5 Å². The molecule has 0 aromatic carbocycles. The molecule has 20 heteroatoms. The monoisotopic (exact) mass is 1520 g/mol. The number of rotatable bonds is 80. The standard InChI is InChI=1S/C44H88NO8P.C40H80NO8P/c1-6-8-10-12-14-16-18-20-22-24-26-28-30-32-34-36-43(46)50-40-42(41-52-54(48,49)51-39-38-45(3,4)5)53-44(47)37-35-33-31-29-27-25-23-21-19-17-15-13-11-9-7-2;1-6-8-10-12-14-16-18-20-22-24-26-28-30-32-39(42)46-36-38(37-48-50(44,45)47-35-34-41(3,4)5)49-40(43)33-31-29-27-25-23-21-19-17-15-13-11-9-7-2/h42H,6-41H2,1-5H3;38H,6-37H2,1-5H3/t42-;38-/m10/s1. The largest absolute Gasteiger partial charge is 0.756 e. The molecule has 2 unspecified atom stereocenters. The number of likely N-dealkylation sites (N-methyl/N-ethyl adjacent to an activating group) is 2. The maximum atomic E-state index is 12.7. The lowest BCUT2D eigenvalue weighted by molar-refractivity contribution is -0.870. The summed E-state index contributed by atoms with van der Waals surface area (Å²) < 4.78 is 67.7. The number of ether oxygens (including phenoxy) is 4. The van der Waals surface area contributed by atoms with Crippen LogP contribution in [0.25, 0.3) is 0 Å². The topological polar surface area (TPSA) is 222 Å². The second kappa shape index (κ2) is 75.1. The van der Waals surface area contributed by atoms with Gasteiger partial charge in [-0.1, -0.05) is 362 Å². The number of unbranched alkanes of at least 4 members (excludes halogenated alkanes) is 52. The van der Waals surface area contributed by atoms with E-state index in [1.54, 1.807) is 0 Å². The van der Waals surface area contributed by atoms with Gasteiger partial charge in [-0.05, 0) is 25.7 Å². The summed E-state index contributed by atoms with van der Waals surface area (Å²) in [6, 6.07) is 0. The average molecular weight is 1520 g/mol. The number of carbonyl (C=O) groups is 4. The molecule has 0 rings (SSSR count). The molecule has 0 saturated heterocycles. The summed E-state index contributed by atoms with van der Waals surface area (Å²) >= 11 is 0. The predicted molar refractivity (Wildman–Crippen MR) is 426 cm³/mol. The molecule has 0 aliphatic rings. The van der Waals surface area contributed by atoms with Crippen molar-refractivity contribution in [1.29, 1.82) is 0 Å². The molecule has 620 valence electrons. The maximum absolute atomic E-state index is 12.7. The molecule has 0 heterocycles. The molecule has 0 aromatic heterocycles. The molecule has 0 radical (unpaired) electrons. The van der Waals surface area contributed by atoms with Crippen molar-refractivity contribution in [2.75, 3.05) is 95.0 Å². The first kappa shape index (κ1) is 104. The van der Waals surface area contributed by atoms with Gasteiger partial charge in [-0.15, -0.1) is 0 Å². The third kappa shape index (κ3) is 84.0. The van der Waals surface area contributed by atoms with Crippen molar-refractivity contribution in [3.63, 3.8) is 0 Å². The van der Waals surface area contributed by atoms with Gasteiger partial charge in [0, 0.05) is 25.7 Å². The van der Waals surface area contributed by atoms with Crippen LogP contribution in [0.4, 0.5) is 0 Å². The first-order valence-corrected chi connectivity index (χ1v) is 46.4. The Kier molecular flexibility index (Phi) is 75.1. The smallest absolute Gasteiger partial charge is 0.306 e. The Morgan fingerprint density at radius 2 is 0.433 bits per heavy atom. The quantitative estimate of drug-likeness (QED) is 0.0181. The van der Waals surface area contributed by atoms with E-state index in [4.69, 9.17) is 37.0 Å². The molecule has 104 heavy (non-hydrogen) atoms. The van der Waals surface area contributed by atoms with Gasteiger partial charge >= 0.3 is 23.9 Å². The van der Waals surface area contributed by atoms with Crippen molar-refractivity contribution in [2.24, 2.45) is 0 Å². The highest BCUT2D eigenvalue weighted by Gasteiger charge is 2.24. The SMILES string of the molecule is CCCCCCCCCCCCCCCC(=O)OC[C@@H](COP(=O)([O-])OCC[N+](C)(C)C)OC(=O)CCCCCCCCCCCCCCC.CCCCCCCCCCCCCCCCCC(=O)OC[C@H](COP(=O)([O-])OCC[N+](C)(C)C)OC(=O)CCCCCCCCCCCCCCCCC. The van der Waals surface area contributed by atoms with Crippen LogP contribution in [0.5, 0.6) is 0 Å². The van der Waals surface area contributed by atoms with E-state index < -0.39 is 53.0 Å². The number of quaternary nitrogens is 2. The Bertz CT molecular complexity index is 2010. The zero-order chi connectivity index (χ0) is 77.2. The molecule has 18 nitrogen and oxygen atoms in total. The summed E-state index contributed by atoms with van der Waals surface area (Å²) in [5.41, 5.74) is 0. The minimum Gasteiger partial charge on any atom is -0.756 e. The number of nitrogens with zero attached hydrogens (tertiary/aromatic N) is 2. The Morgan fingerprint density at radius 3 is 0.615 bits per heavy atom. The van der Waals surface area contributed by atoms with Crippen LogP contribution in [0, 0.1) is 0 Å². The van der Waals surface area contributed by atoms with Crippen molar-refractivity contribution in [3.05, 3.63) is 0 Å². The van der Waals surface area contributed by atoms with Crippen molar-refractivity contribution in [3.8, 4) is 0 Å². The van der Waals surface area contributed by atoms with Crippen molar-refractivity contribution < 1.29 is 84.1 Å². The molecule has 0 aliphatic carbocycles. The zero-order valence-corrected chi connectivity index (χ0v) is 71.3. The van der Waals surface area contributed by atoms with Crippen LogP contribution in [0.15, 0.2) is 0 Å². The van der Waals surface area contributed by atoms with E-state index in [0.29, 0.717) is 34.9 Å². The van der Waals surface area contributed by atoms with Gasteiger partial charge in [-0.25, -0.2) is 0 Å². The van der Waals surface area contributed by atoms with Crippen LogP contribution in [-0.2, 0) is 65.4 Å². The summed E-state index contributed by atoms with van der Waals surface area (Å²) in [6.07, 6.45) is 68.1. The van der Waals surface area contributed by atoms with Gasteiger partial charge in [0.2, 0.25) is 0 Å². The van der Waals surface area contributed by atoms with E-state index in [9.17, 15) is 38.1 Å². The summed E-state index contributed by atoms with van der Waals surface area (Å²) in [7, 11) is 2.36. The summed E-state index contributed by atoms with van der Waals surface area (Å²) in [6.45, 7) is 8.51. The van der Waals surface area contributed by atoms with Gasteiger partial charge in [0.05, 0.1) is 55.5 Å². The third-order valence-electron chi connectivity index (χ3n) is 19.3. The molecule has 0 saturated carbocycles. The van der Waals surface area contributed by atoms with Crippen LogP contribution >= 0.6 is 15.6 Å². The van der Waals surface area contributed by atoms with E-state index in [1.807, 2.05) is 42.3 Å². The van der Waals surface area contributed by atoms with E-state index in [1.165, 1.54) is 283 Å². The maximum Gasteiger partial charge on any atom is 0.306 e. The van der Waals surface area contributed by atoms with Gasteiger partial charge in [-0.3, -0.25) is 28.3 Å². The molecule has 0 spiro atoms. The van der Waals surface area contributed by atoms with Gasteiger partial charge < -0.3 is 55.8 Å². The summed E-state index contributed by atoms with van der Waals surface area (Å²) in [5.74, 6) is -1.64. The zero-order valence-electron chi connectivity index (χ0n) is 69.6. The number of carbonyl (C=O) groups excluding carboxylic acids is 4. The fourth-order valence-corrected chi connectivity index (χ4v) is 13.8. The van der Waals surface area contributed by atoms with Crippen LogP contribution in [0.3, 0.4) is 0 Å². The van der Waals surface area contributed by atoms with E-state index in [-0.39, 0.29) is 64.0 Å². The molecule has 0 aliphatic heterocycles. The molecular formula is C84H168N2O16P2. The number of phosphoric acid groups is 2. The highest BCUT2D eigenvalue weighted by atomic mass is 31.2. The molecule has 0 N–H and O–H groups in total. The molecule has 0 aromatic rings. The molecule has 4 atom stereocenters. The van der Waals surface area contributed by atoms with E-state index in [0.717, 1.165) is 64.2 Å². The summed E-state index contributed by atoms with van der Waals surface area (Å²) in [4.78, 5) is 74.9. The highest BCUT2D eigenvalue weighted by Crippen LogP contribution is 2.39. The lowest BCUT2D eigenvalue weighted by atomic mass is 10.0. The van der Waals surface area contributed by atoms with Crippen LogP contribution in [0.2, 0.25) is 0 Å². The number of phosphoric ester groups is 2. The highest BCUT2D eigenvalue weighted by molar-refractivity contribution is 7.46. The molecule has 0 amide bonds. The van der Waals surface area contributed by atoms with Crippen LogP contribution in [-0.4, -0.2) is 140 Å². The number of hydrogen-bond donors (Lipinski definition) is 0. The lowest BCUT2D eigenvalue weighted by Gasteiger charge is -2.28. The Morgan fingerprint density at radius 1 is 0.260 bits per heavy atom. The molecule has 0 bridgehead atoms. The van der Waals surface area contributed by atoms with Gasteiger partial charge in [0.15, 0.2) is 12.2 Å². The Hall–Kier alpha value is -1.98. The first-order chi connectivity index (χ1) is 50.0. The Balaban J connectivity index is 0. The first-order valence-electron chi connectivity index (χ1n) is 43.5. The number of hydrogen-bond acceptors (Lipinski definition) is 16. The minimum atomic E-state index is -4.62. The second-order valence-corrected chi connectivity index (χ2v) is 35.0. The fourth-order valence-electron chi connectivity index (χ4n) is 12.4. The Labute approximate surface area is 640 Å². The third-order valence-corrected chi connectivity index (χ3v) is 21.2. The van der Waals surface area contributed by atoms with Gasteiger partial charge in [0.25, 0.3) is 15.6 Å². The van der Waals surface area contributed by atoms with Crippen molar-refractivity contribution in [2.45, 2.75) is 425 Å².